The third-order valence-electron chi connectivity index (χ3n) is 4.82. The molecule has 1 aromatic heterocycles. The maximum atomic E-state index is 11.6. The second-order valence-electron chi connectivity index (χ2n) is 7.22. The molecule has 2 fully saturated rings. The van der Waals surface area contributed by atoms with E-state index in [9.17, 15) is 4.79 Å². The molecule has 0 bridgehead atoms. The van der Waals surface area contributed by atoms with E-state index in [4.69, 9.17) is 4.74 Å². The predicted octanol–water partition coefficient (Wildman–Crippen LogP) is 1.98. The molecule has 0 spiro atoms. The number of ether oxygens (including phenoxy) is 1. The lowest BCUT2D eigenvalue weighted by Crippen LogP contribution is -2.41. The van der Waals surface area contributed by atoms with Crippen molar-refractivity contribution in [2.24, 2.45) is 10.9 Å². The van der Waals surface area contributed by atoms with Crippen LogP contribution in [0.3, 0.4) is 0 Å². The number of hydrogen-bond acceptors (Lipinski definition) is 4. The Bertz CT molecular complexity index is 622. The Morgan fingerprint density at radius 3 is 2.59 bits per heavy atom. The van der Waals surface area contributed by atoms with E-state index < -0.39 is 0 Å². The molecule has 1 aromatic rings. The van der Waals surface area contributed by atoms with Crippen LogP contribution in [-0.4, -0.2) is 42.6 Å². The maximum Gasteiger partial charge on any atom is 0.223 e. The molecule has 0 aliphatic heterocycles. The van der Waals surface area contributed by atoms with Crippen molar-refractivity contribution in [1.29, 1.82) is 0 Å². The third-order valence-corrected chi connectivity index (χ3v) is 4.82. The highest BCUT2D eigenvalue weighted by molar-refractivity contribution is 5.81. The Morgan fingerprint density at radius 1 is 1.15 bits per heavy atom. The summed E-state index contributed by atoms with van der Waals surface area (Å²) in [5.74, 6) is 1.86. The first-order valence-corrected chi connectivity index (χ1v) is 10.2. The van der Waals surface area contributed by atoms with E-state index in [1.165, 1.54) is 12.8 Å². The Morgan fingerprint density at radius 2 is 1.93 bits per heavy atom. The molecular weight excluding hydrogens is 342 g/mol. The van der Waals surface area contributed by atoms with E-state index in [1.54, 1.807) is 0 Å². The molecule has 0 unspecified atom stereocenters. The second-order valence-corrected chi connectivity index (χ2v) is 7.22. The van der Waals surface area contributed by atoms with E-state index in [-0.39, 0.29) is 11.8 Å². The van der Waals surface area contributed by atoms with Crippen LogP contribution in [0.1, 0.15) is 51.0 Å². The number of guanidine groups is 1. The van der Waals surface area contributed by atoms with Gasteiger partial charge in [0, 0.05) is 37.8 Å². The highest BCUT2D eigenvalue weighted by Crippen LogP contribution is 2.28. The molecule has 0 aromatic carbocycles. The van der Waals surface area contributed by atoms with Crippen LogP contribution >= 0.6 is 0 Å². The van der Waals surface area contributed by atoms with Crippen LogP contribution in [0.2, 0.25) is 0 Å². The number of rotatable bonds is 9. The molecule has 0 saturated heterocycles. The summed E-state index contributed by atoms with van der Waals surface area (Å²) in [5, 5.41) is 9.40. The predicted molar refractivity (Wildman–Crippen MR) is 106 cm³/mol. The van der Waals surface area contributed by atoms with Gasteiger partial charge in [0.05, 0.1) is 6.54 Å². The number of nitrogens with zero attached hydrogens (tertiary/aromatic N) is 2. The Kier molecular flexibility index (Phi) is 7.30. The quantitative estimate of drug-likeness (QED) is 0.350. The summed E-state index contributed by atoms with van der Waals surface area (Å²) < 4.78 is 5.89. The van der Waals surface area contributed by atoms with Crippen LogP contribution in [0.15, 0.2) is 23.3 Å². The number of aliphatic imine (C=N–C) groups is 1. The standard InChI is InChI=1S/C20H31N5O2/c1-2-21-20(23-12-11-22-19(26)16-8-9-16)25-14-15-7-10-18(24-13-15)27-17-5-3-4-6-17/h7,10,13,16-17H,2-6,8-9,11-12,14H2,1H3,(H,22,26)(H2,21,23,25). The molecule has 27 heavy (non-hydrogen) atoms. The van der Waals surface area contributed by atoms with E-state index in [1.807, 2.05) is 25.3 Å². The Hall–Kier alpha value is -2.31. The summed E-state index contributed by atoms with van der Waals surface area (Å²) in [6.07, 6.45) is 8.98. The summed E-state index contributed by atoms with van der Waals surface area (Å²) in [6.45, 7) is 4.61. The van der Waals surface area contributed by atoms with Crippen molar-refractivity contribution in [1.82, 2.24) is 20.9 Å². The lowest BCUT2D eigenvalue weighted by atomic mass is 10.3. The van der Waals surface area contributed by atoms with Gasteiger partial charge in [0.25, 0.3) is 0 Å². The Labute approximate surface area is 161 Å². The average Bonchev–Trinajstić information content (AvgIpc) is 3.42. The van der Waals surface area contributed by atoms with Gasteiger partial charge < -0.3 is 20.7 Å². The van der Waals surface area contributed by atoms with Gasteiger partial charge in [0.15, 0.2) is 5.96 Å². The molecule has 2 aliphatic rings. The van der Waals surface area contributed by atoms with Crippen molar-refractivity contribution in [3.8, 4) is 5.88 Å². The molecule has 1 amide bonds. The van der Waals surface area contributed by atoms with Crippen molar-refractivity contribution < 1.29 is 9.53 Å². The van der Waals surface area contributed by atoms with Crippen molar-refractivity contribution in [3.05, 3.63) is 23.9 Å². The zero-order valence-electron chi connectivity index (χ0n) is 16.2. The second kappa shape index (κ2) is 10.1. The van der Waals surface area contributed by atoms with Gasteiger partial charge >= 0.3 is 0 Å². The molecule has 7 nitrogen and oxygen atoms in total. The Balaban J connectivity index is 1.41. The number of nitrogens with one attached hydrogen (secondary N) is 3. The van der Waals surface area contributed by atoms with Gasteiger partial charge in [-0.25, -0.2) is 9.98 Å². The fraction of sp³-hybridized carbons (Fsp3) is 0.650. The summed E-state index contributed by atoms with van der Waals surface area (Å²) in [5.41, 5.74) is 1.04. The van der Waals surface area contributed by atoms with Crippen LogP contribution in [0.4, 0.5) is 0 Å². The van der Waals surface area contributed by atoms with Gasteiger partial charge in [-0.2, -0.15) is 0 Å². The fourth-order valence-corrected chi connectivity index (χ4v) is 3.12. The lowest BCUT2D eigenvalue weighted by molar-refractivity contribution is -0.122. The minimum absolute atomic E-state index is 0.171. The van der Waals surface area contributed by atoms with E-state index in [0.717, 1.165) is 43.8 Å². The van der Waals surface area contributed by atoms with Crippen LogP contribution in [0, 0.1) is 5.92 Å². The molecule has 3 rings (SSSR count). The average molecular weight is 374 g/mol. The zero-order valence-corrected chi connectivity index (χ0v) is 16.2. The van der Waals surface area contributed by atoms with Crippen molar-refractivity contribution in [2.75, 3.05) is 19.6 Å². The maximum absolute atomic E-state index is 11.6. The molecule has 148 valence electrons. The smallest absolute Gasteiger partial charge is 0.223 e. The van der Waals surface area contributed by atoms with Crippen LogP contribution in [-0.2, 0) is 11.3 Å². The van der Waals surface area contributed by atoms with E-state index in [0.29, 0.717) is 31.6 Å². The van der Waals surface area contributed by atoms with Crippen LogP contribution < -0.4 is 20.7 Å². The van der Waals surface area contributed by atoms with E-state index in [2.05, 4.69) is 25.9 Å². The first-order valence-electron chi connectivity index (χ1n) is 10.2. The lowest BCUT2D eigenvalue weighted by Gasteiger charge is -2.13. The monoisotopic (exact) mass is 373 g/mol. The molecule has 2 saturated carbocycles. The van der Waals surface area contributed by atoms with Crippen molar-refractivity contribution in [2.45, 2.75) is 58.1 Å². The van der Waals surface area contributed by atoms with Crippen molar-refractivity contribution >= 4 is 11.9 Å². The molecule has 1 heterocycles. The largest absolute Gasteiger partial charge is 0.474 e. The van der Waals surface area contributed by atoms with E-state index >= 15 is 0 Å². The summed E-state index contributed by atoms with van der Waals surface area (Å²) in [6, 6.07) is 3.94. The highest BCUT2D eigenvalue weighted by atomic mass is 16.5. The fourth-order valence-electron chi connectivity index (χ4n) is 3.12. The first-order chi connectivity index (χ1) is 13.2. The van der Waals surface area contributed by atoms with Gasteiger partial charge in [-0.05, 0) is 51.0 Å². The summed E-state index contributed by atoms with van der Waals surface area (Å²) in [4.78, 5) is 20.6. The third kappa shape index (κ3) is 6.73. The van der Waals surface area contributed by atoms with Gasteiger partial charge in [-0.1, -0.05) is 6.07 Å². The van der Waals surface area contributed by atoms with Gasteiger partial charge in [0.2, 0.25) is 11.8 Å². The minimum atomic E-state index is 0.171. The van der Waals surface area contributed by atoms with Crippen LogP contribution in [0.25, 0.3) is 0 Å². The molecule has 0 atom stereocenters. The molecule has 0 radical (unpaired) electrons. The minimum Gasteiger partial charge on any atom is -0.474 e. The normalized spacial score (nSPS) is 17.6. The van der Waals surface area contributed by atoms with Gasteiger partial charge in [-0.3, -0.25) is 4.79 Å². The number of amides is 1. The number of hydrogen-bond donors (Lipinski definition) is 3. The first kappa shape index (κ1) is 19.5. The summed E-state index contributed by atoms with van der Waals surface area (Å²) >= 11 is 0. The van der Waals surface area contributed by atoms with Gasteiger partial charge in [0.1, 0.15) is 6.10 Å². The van der Waals surface area contributed by atoms with Gasteiger partial charge in [-0.15, -0.1) is 0 Å². The molecule has 3 N–H and O–H groups in total. The number of aromatic nitrogens is 1. The number of carbonyl (C=O) groups is 1. The zero-order chi connectivity index (χ0) is 18.9. The molecule has 2 aliphatic carbocycles. The number of pyridine rings is 1. The number of carbonyl (C=O) groups excluding carboxylic acids is 1. The summed E-state index contributed by atoms with van der Waals surface area (Å²) in [7, 11) is 0. The highest BCUT2D eigenvalue weighted by Gasteiger charge is 2.28. The van der Waals surface area contributed by atoms with Crippen molar-refractivity contribution in [3.63, 3.8) is 0 Å². The molecule has 7 heteroatoms. The molecular formula is C20H31N5O2. The SMILES string of the molecule is CCNC(=NCc1ccc(OC2CCCC2)nc1)NCCNC(=O)C1CC1. The topological polar surface area (TPSA) is 87.6 Å². The van der Waals surface area contributed by atoms with Crippen LogP contribution in [0.5, 0.6) is 5.88 Å².